The molecular formula is C18H21NO4. The van der Waals surface area contributed by atoms with Crippen LogP contribution in [0.15, 0.2) is 28.7 Å². The number of hydrogen-bond acceptors (Lipinski definition) is 4. The van der Waals surface area contributed by atoms with E-state index in [1.807, 2.05) is 31.2 Å². The van der Waals surface area contributed by atoms with Crippen molar-refractivity contribution >= 4 is 22.7 Å². The highest BCUT2D eigenvalue weighted by molar-refractivity contribution is 6.00. The number of carboxylic acids is 1. The zero-order chi connectivity index (χ0) is 16.4. The maximum Gasteiger partial charge on any atom is 0.304 e. The second-order valence-electron chi connectivity index (χ2n) is 6.16. The van der Waals surface area contributed by atoms with E-state index in [4.69, 9.17) is 9.52 Å². The predicted octanol–water partition coefficient (Wildman–Crippen LogP) is 3.25. The van der Waals surface area contributed by atoms with Crippen LogP contribution in [0.3, 0.4) is 0 Å². The van der Waals surface area contributed by atoms with Gasteiger partial charge >= 0.3 is 5.97 Å². The van der Waals surface area contributed by atoms with Gasteiger partial charge in [0.1, 0.15) is 5.58 Å². The molecule has 1 aliphatic rings. The summed E-state index contributed by atoms with van der Waals surface area (Å²) < 4.78 is 5.71. The number of furan rings is 1. The lowest BCUT2D eigenvalue weighted by Crippen LogP contribution is -2.33. The fraction of sp³-hybridized carbons (Fsp3) is 0.444. The highest BCUT2D eigenvalue weighted by Crippen LogP contribution is 2.26. The summed E-state index contributed by atoms with van der Waals surface area (Å²) in [5.41, 5.74) is 1.62. The smallest absolute Gasteiger partial charge is 0.304 e. The average molecular weight is 315 g/mol. The molecule has 2 aromatic rings. The maximum atomic E-state index is 12.5. The minimum Gasteiger partial charge on any atom is -0.481 e. The van der Waals surface area contributed by atoms with Crippen molar-refractivity contribution in [1.29, 1.82) is 0 Å². The van der Waals surface area contributed by atoms with Crippen LogP contribution in [0.4, 0.5) is 0 Å². The molecule has 0 bridgehead atoms. The van der Waals surface area contributed by atoms with E-state index in [-0.39, 0.29) is 18.2 Å². The standard InChI is InChI=1S/C18H21NO4/c1-12-14-6-2-3-7-16(14)23-18(12)15(20)8-10-19-9-4-5-13(19)11-17(21)22/h2-3,6-7,13H,4-5,8-11H2,1H3,(H,21,22). The van der Waals surface area contributed by atoms with Crippen LogP contribution >= 0.6 is 0 Å². The Morgan fingerprint density at radius 2 is 2.13 bits per heavy atom. The van der Waals surface area contributed by atoms with E-state index in [9.17, 15) is 9.59 Å². The van der Waals surface area contributed by atoms with Crippen LogP contribution in [-0.4, -0.2) is 40.9 Å². The fourth-order valence-corrected chi connectivity index (χ4v) is 3.42. The highest BCUT2D eigenvalue weighted by Gasteiger charge is 2.27. The Labute approximate surface area is 134 Å². The number of fused-ring (bicyclic) bond motifs is 1. The van der Waals surface area contributed by atoms with Crippen LogP contribution in [0.2, 0.25) is 0 Å². The van der Waals surface area contributed by atoms with Crippen molar-refractivity contribution in [2.45, 2.75) is 38.6 Å². The van der Waals surface area contributed by atoms with Gasteiger partial charge in [-0.1, -0.05) is 18.2 Å². The summed E-state index contributed by atoms with van der Waals surface area (Å²) in [7, 11) is 0. The summed E-state index contributed by atoms with van der Waals surface area (Å²) >= 11 is 0. The number of aryl methyl sites for hydroxylation is 1. The molecular weight excluding hydrogens is 294 g/mol. The van der Waals surface area contributed by atoms with Gasteiger partial charge in [-0.15, -0.1) is 0 Å². The zero-order valence-corrected chi connectivity index (χ0v) is 13.2. The number of carboxylic acid groups (broad SMARTS) is 1. The van der Waals surface area contributed by atoms with Crippen molar-refractivity contribution in [3.05, 3.63) is 35.6 Å². The van der Waals surface area contributed by atoms with Gasteiger partial charge in [-0.3, -0.25) is 14.5 Å². The Hall–Kier alpha value is -2.14. The van der Waals surface area contributed by atoms with E-state index in [0.717, 1.165) is 35.9 Å². The van der Waals surface area contributed by atoms with Crippen LogP contribution in [0.5, 0.6) is 0 Å². The topological polar surface area (TPSA) is 70.8 Å². The molecule has 0 radical (unpaired) electrons. The Kier molecular flexibility index (Phi) is 4.48. The van der Waals surface area contributed by atoms with Gasteiger partial charge in [0.25, 0.3) is 0 Å². The molecule has 122 valence electrons. The number of carbonyl (C=O) groups is 2. The lowest BCUT2D eigenvalue weighted by molar-refractivity contribution is -0.138. The summed E-state index contributed by atoms with van der Waals surface area (Å²) in [6, 6.07) is 7.69. The van der Waals surface area contributed by atoms with Crippen LogP contribution in [-0.2, 0) is 4.79 Å². The summed E-state index contributed by atoms with van der Waals surface area (Å²) in [4.78, 5) is 25.5. The molecule has 5 heteroatoms. The van der Waals surface area contributed by atoms with E-state index in [0.29, 0.717) is 18.7 Å². The molecule has 2 heterocycles. The number of nitrogens with zero attached hydrogens (tertiary/aromatic N) is 1. The van der Waals surface area contributed by atoms with Gasteiger partial charge in [-0.25, -0.2) is 0 Å². The fourth-order valence-electron chi connectivity index (χ4n) is 3.42. The maximum absolute atomic E-state index is 12.5. The minimum atomic E-state index is -0.777. The van der Waals surface area contributed by atoms with E-state index < -0.39 is 5.97 Å². The lowest BCUT2D eigenvalue weighted by atomic mass is 10.1. The van der Waals surface area contributed by atoms with E-state index >= 15 is 0 Å². The molecule has 0 spiro atoms. The molecule has 1 atom stereocenters. The third-order valence-corrected chi connectivity index (χ3v) is 4.63. The molecule has 1 N–H and O–H groups in total. The number of rotatable bonds is 6. The minimum absolute atomic E-state index is 0.0142. The summed E-state index contributed by atoms with van der Waals surface area (Å²) in [5, 5.41) is 9.93. The van der Waals surface area contributed by atoms with Crippen LogP contribution in [0.25, 0.3) is 11.0 Å². The number of Topliss-reactive ketones (excluding diaryl/α,β-unsaturated/α-hetero) is 1. The highest BCUT2D eigenvalue weighted by atomic mass is 16.4. The second kappa shape index (κ2) is 6.54. The number of aliphatic carboxylic acids is 1. The van der Waals surface area contributed by atoms with Crippen molar-refractivity contribution in [1.82, 2.24) is 4.90 Å². The SMILES string of the molecule is Cc1c(C(=O)CCN2CCCC2CC(=O)O)oc2ccccc12. The van der Waals surface area contributed by atoms with Crippen molar-refractivity contribution < 1.29 is 19.1 Å². The van der Waals surface area contributed by atoms with Crippen molar-refractivity contribution in [2.24, 2.45) is 0 Å². The summed E-state index contributed by atoms with van der Waals surface area (Å²) in [6.07, 6.45) is 2.40. The Bertz CT molecular complexity index is 734. The van der Waals surface area contributed by atoms with Crippen molar-refractivity contribution in [2.75, 3.05) is 13.1 Å². The van der Waals surface area contributed by atoms with Gasteiger partial charge in [0.05, 0.1) is 6.42 Å². The van der Waals surface area contributed by atoms with Gasteiger partial charge in [-0.05, 0) is 32.4 Å². The third-order valence-electron chi connectivity index (χ3n) is 4.63. The molecule has 1 aliphatic heterocycles. The Morgan fingerprint density at radius 1 is 1.35 bits per heavy atom. The van der Waals surface area contributed by atoms with Crippen LogP contribution in [0, 0.1) is 6.92 Å². The van der Waals surface area contributed by atoms with Crippen LogP contribution < -0.4 is 0 Å². The first kappa shape index (κ1) is 15.7. The quantitative estimate of drug-likeness (QED) is 0.829. The molecule has 1 unspecified atom stereocenters. The van der Waals surface area contributed by atoms with Gasteiger partial charge in [0.2, 0.25) is 0 Å². The third kappa shape index (κ3) is 3.29. The molecule has 0 saturated carbocycles. The number of benzene rings is 1. The van der Waals surface area contributed by atoms with E-state index in [1.54, 1.807) is 0 Å². The first-order valence-corrected chi connectivity index (χ1v) is 8.03. The zero-order valence-electron chi connectivity index (χ0n) is 13.2. The van der Waals surface area contributed by atoms with Crippen molar-refractivity contribution in [3.8, 4) is 0 Å². The molecule has 1 saturated heterocycles. The molecule has 23 heavy (non-hydrogen) atoms. The predicted molar refractivity (Wildman–Crippen MR) is 86.7 cm³/mol. The van der Waals surface area contributed by atoms with Gasteiger partial charge in [-0.2, -0.15) is 0 Å². The largest absolute Gasteiger partial charge is 0.481 e. The Balaban J connectivity index is 1.66. The van der Waals surface area contributed by atoms with Crippen molar-refractivity contribution in [3.63, 3.8) is 0 Å². The van der Waals surface area contributed by atoms with E-state index in [1.165, 1.54) is 0 Å². The average Bonchev–Trinajstić information content (AvgIpc) is 3.09. The summed E-state index contributed by atoms with van der Waals surface area (Å²) in [5.74, 6) is -0.360. The Morgan fingerprint density at radius 3 is 2.87 bits per heavy atom. The second-order valence-corrected chi connectivity index (χ2v) is 6.16. The molecule has 1 aromatic heterocycles. The van der Waals surface area contributed by atoms with E-state index in [2.05, 4.69) is 4.90 Å². The molecule has 3 rings (SSSR count). The number of carbonyl (C=O) groups excluding carboxylic acids is 1. The summed E-state index contributed by atoms with van der Waals surface area (Å²) in [6.45, 7) is 3.36. The molecule has 1 fully saturated rings. The monoisotopic (exact) mass is 315 g/mol. The molecule has 0 amide bonds. The molecule has 5 nitrogen and oxygen atoms in total. The molecule has 0 aliphatic carbocycles. The lowest BCUT2D eigenvalue weighted by Gasteiger charge is -2.22. The number of ketones is 1. The van der Waals surface area contributed by atoms with Gasteiger partial charge in [0.15, 0.2) is 11.5 Å². The van der Waals surface area contributed by atoms with Gasteiger partial charge < -0.3 is 9.52 Å². The molecule has 1 aromatic carbocycles. The number of hydrogen-bond donors (Lipinski definition) is 1. The first-order valence-electron chi connectivity index (χ1n) is 8.03. The van der Waals surface area contributed by atoms with Gasteiger partial charge in [0, 0.05) is 30.0 Å². The first-order chi connectivity index (χ1) is 11.1. The number of likely N-dealkylation sites (tertiary alicyclic amines) is 1. The number of para-hydroxylation sites is 1. The normalized spacial score (nSPS) is 18.6. The van der Waals surface area contributed by atoms with Crippen LogP contribution in [0.1, 0.15) is 41.8 Å².